The Kier molecular flexibility index (Phi) is 4.97. The summed E-state index contributed by atoms with van der Waals surface area (Å²) in [4.78, 5) is 25.8. The van der Waals surface area contributed by atoms with Gasteiger partial charge >= 0.3 is 6.09 Å². The standard InChI is InChI=1S/C22H26N6O3/c1-3-18-16(5-4-7-23-18)17-13-24-28-8-6-19(25-20(17)28)26-9-11-27(12-10-26)21(29)31-22(2)14-30-15-22/h4-8,13H,3,9-12,14-15H2,1-2H3. The Morgan fingerprint density at radius 3 is 2.71 bits per heavy atom. The van der Waals surface area contributed by atoms with Crippen LogP contribution in [0.4, 0.5) is 10.6 Å². The zero-order valence-corrected chi connectivity index (χ0v) is 17.8. The third-order valence-corrected chi connectivity index (χ3v) is 5.88. The van der Waals surface area contributed by atoms with Gasteiger partial charge < -0.3 is 19.3 Å². The molecular formula is C22H26N6O3. The van der Waals surface area contributed by atoms with E-state index in [1.165, 1.54) is 0 Å². The maximum absolute atomic E-state index is 12.4. The van der Waals surface area contributed by atoms with Gasteiger partial charge in [-0.15, -0.1) is 0 Å². The number of carbonyl (C=O) groups is 1. The first-order valence-electron chi connectivity index (χ1n) is 10.7. The van der Waals surface area contributed by atoms with Gasteiger partial charge in [0.1, 0.15) is 5.82 Å². The van der Waals surface area contributed by atoms with E-state index >= 15 is 0 Å². The summed E-state index contributed by atoms with van der Waals surface area (Å²) in [7, 11) is 0. The number of nitrogens with zero attached hydrogens (tertiary/aromatic N) is 6. The molecule has 5 heterocycles. The van der Waals surface area contributed by atoms with Crippen molar-refractivity contribution in [2.24, 2.45) is 0 Å². The lowest BCUT2D eigenvalue weighted by molar-refractivity contribution is -0.172. The van der Waals surface area contributed by atoms with Crippen LogP contribution in [0.5, 0.6) is 0 Å². The number of piperazine rings is 1. The average Bonchev–Trinajstić information content (AvgIpc) is 3.21. The molecule has 0 spiro atoms. The van der Waals surface area contributed by atoms with Gasteiger partial charge in [0.05, 0.1) is 19.4 Å². The Labute approximate surface area is 180 Å². The summed E-state index contributed by atoms with van der Waals surface area (Å²) in [6, 6.07) is 5.97. The second-order valence-electron chi connectivity index (χ2n) is 8.25. The molecular weight excluding hydrogens is 396 g/mol. The smallest absolute Gasteiger partial charge is 0.410 e. The highest BCUT2D eigenvalue weighted by molar-refractivity contribution is 5.79. The highest BCUT2D eigenvalue weighted by Crippen LogP contribution is 2.28. The number of anilines is 1. The van der Waals surface area contributed by atoms with Crippen LogP contribution in [0, 0.1) is 0 Å². The van der Waals surface area contributed by atoms with Crippen molar-refractivity contribution < 1.29 is 14.3 Å². The molecule has 3 aromatic rings. The van der Waals surface area contributed by atoms with Gasteiger partial charge in [-0.05, 0) is 25.5 Å². The minimum atomic E-state index is -0.483. The molecule has 9 heteroatoms. The molecule has 5 rings (SSSR count). The van der Waals surface area contributed by atoms with E-state index in [2.05, 4.69) is 28.0 Å². The number of amides is 1. The summed E-state index contributed by atoms with van der Waals surface area (Å²) in [5.41, 5.74) is 3.39. The normalized spacial score (nSPS) is 18.1. The summed E-state index contributed by atoms with van der Waals surface area (Å²) in [6.45, 7) is 7.51. The number of hydrogen-bond donors (Lipinski definition) is 0. The van der Waals surface area contributed by atoms with Crippen molar-refractivity contribution in [2.75, 3.05) is 44.3 Å². The van der Waals surface area contributed by atoms with Gasteiger partial charge in [-0.3, -0.25) is 4.98 Å². The van der Waals surface area contributed by atoms with E-state index in [9.17, 15) is 4.79 Å². The first-order valence-corrected chi connectivity index (χ1v) is 10.7. The first kappa shape index (κ1) is 19.7. The number of aromatic nitrogens is 4. The minimum Gasteiger partial charge on any atom is -0.438 e. The van der Waals surface area contributed by atoms with Crippen molar-refractivity contribution in [3.05, 3.63) is 42.5 Å². The maximum Gasteiger partial charge on any atom is 0.410 e. The quantitative estimate of drug-likeness (QED) is 0.638. The molecule has 0 N–H and O–H groups in total. The van der Waals surface area contributed by atoms with Crippen LogP contribution in [0.3, 0.4) is 0 Å². The third kappa shape index (κ3) is 3.69. The fourth-order valence-corrected chi connectivity index (χ4v) is 4.03. The SMILES string of the molecule is CCc1ncccc1-c1cnn2ccc(N3CCN(C(=O)OC4(C)COC4)CC3)nc12. The largest absolute Gasteiger partial charge is 0.438 e. The van der Waals surface area contributed by atoms with Crippen LogP contribution in [0.1, 0.15) is 19.5 Å². The monoisotopic (exact) mass is 422 g/mol. The fourth-order valence-electron chi connectivity index (χ4n) is 4.03. The highest BCUT2D eigenvalue weighted by Gasteiger charge is 2.39. The average molecular weight is 422 g/mol. The first-order chi connectivity index (χ1) is 15.1. The van der Waals surface area contributed by atoms with Crippen LogP contribution in [-0.2, 0) is 15.9 Å². The van der Waals surface area contributed by atoms with Gasteiger partial charge in [0.15, 0.2) is 11.2 Å². The molecule has 0 saturated carbocycles. The molecule has 31 heavy (non-hydrogen) atoms. The van der Waals surface area contributed by atoms with Gasteiger partial charge in [-0.2, -0.15) is 5.10 Å². The number of fused-ring (bicyclic) bond motifs is 1. The zero-order valence-electron chi connectivity index (χ0n) is 17.8. The van der Waals surface area contributed by atoms with Crippen molar-refractivity contribution in [3.63, 3.8) is 0 Å². The summed E-state index contributed by atoms with van der Waals surface area (Å²) in [5, 5.41) is 4.47. The molecule has 0 radical (unpaired) electrons. The molecule has 162 valence electrons. The lowest BCUT2D eigenvalue weighted by Crippen LogP contribution is -2.55. The van der Waals surface area contributed by atoms with Crippen molar-refractivity contribution >= 4 is 17.6 Å². The van der Waals surface area contributed by atoms with Gasteiger partial charge in [0.2, 0.25) is 0 Å². The van der Waals surface area contributed by atoms with Crippen LogP contribution >= 0.6 is 0 Å². The van der Waals surface area contributed by atoms with Crippen molar-refractivity contribution in [1.29, 1.82) is 0 Å². The van der Waals surface area contributed by atoms with E-state index in [1.54, 1.807) is 9.42 Å². The molecule has 0 bridgehead atoms. The van der Waals surface area contributed by atoms with Crippen LogP contribution in [0.25, 0.3) is 16.8 Å². The predicted octanol–water partition coefficient (Wildman–Crippen LogP) is 2.40. The molecule has 0 atom stereocenters. The summed E-state index contributed by atoms with van der Waals surface area (Å²) in [6.07, 6.45) is 6.17. The number of carbonyl (C=O) groups excluding carboxylic acids is 1. The van der Waals surface area contributed by atoms with Crippen LogP contribution in [-0.4, -0.2) is 75.6 Å². The van der Waals surface area contributed by atoms with E-state index in [-0.39, 0.29) is 6.09 Å². The van der Waals surface area contributed by atoms with E-state index in [0.717, 1.165) is 34.7 Å². The Morgan fingerprint density at radius 2 is 2.00 bits per heavy atom. The summed E-state index contributed by atoms with van der Waals surface area (Å²) < 4.78 is 12.6. The van der Waals surface area contributed by atoms with E-state index in [1.807, 2.05) is 37.6 Å². The molecule has 2 aliphatic rings. The highest BCUT2D eigenvalue weighted by atomic mass is 16.6. The minimum absolute atomic E-state index is 0.268. The molecule has 2 saturated heterocycles. The van der Waals surface area contributed by atoms with Gasteiger partial charge in [0.25, 0.3) is 0 Å². The number of hydrogen-bond acceptors (Lipinski definition) is 7. The Balaban J connectivity index is 1.33. The lowest BCUT2D eigenvalue weighted by atomic mass is 10.1. The van der Waals surface area contributed by atoms with Crippen molar-refractivity contribution in [2.45, 2.75) is 25.9 Å². The molecule has 0 aromatic carbocycles. The van der Waals surface area contributed by atoms with E-state index in [0.29, 0.717) is 39.4 Å². The van der Waals surface area contributed by atoms with Gasteiger partial charge in [-0.1, -0.05) is 13.0 Å². The van der Waals surface area contributed by atoms with E-state index in [4.69, 9.17) is 14.5 Å². The van der Waals surface area contributed by atoms with Crippen LogP contribution in [0.2, 0.25) is 0 Å². The molecule has 0 unspecified atom stereocenters. The molecule has 3 aromatic heterocycles. The van der Waals surface area contributed by atoms with Crippen molar-refractivity contribution in [3.8, 4) is 11.1 Å². The Bertz CT molecular complexity index is 1100. The van der Waals surface area contributed by atoms with Gasteiger partial charge in [0, 0.05) is 55.4 Å². The van der Waals surface area contributed by atoms with Gasteiger partial charge in [-0.25, -0.2) is 14.3 Å². The number of rotatable bonds is 4. The number of pyridine rings is 1. The Morgan fingerprint density at radius 1 is 1.19 bits per heavy atom. The second kappa shape index (κ2) is 7.81. The fraction of sp³-hybridized carbons (Fsp3) is 0.455. The molecule has 0 aliphatic carbocycles. The Hall–Kier alpha value is -3.20. The van der Waals surface area contributed by atoms with Crippen LogP contribution in [0.15, 0.2) is 36.8 Å². The zero-order chi connectivity index (χ0) is 21.4. The molecule has 1 amide bonds. The lowest BCUT2D eigenvalue weighted by Gasteiger charge is -2.40. The molecule has 9 nitrogen and oxygen atoms in total. The maximum atomic E-state index is 12.4. The topological polar surface area (TPSA) is 85.1 Å². The second-order valence-corrected chi connectivity index (χ2v) is 8.25. The number of aryl methyl sites for hydroxylation is 1. The molecule has 2 fully saturated rings. The predicted molar refractivity (Wildman–Crippen MR) is 115 cm³/mol. The van der Waals surface area contributed by atoms with Crippen molar-refractivity contribution in [1.82, 2.24) is 24.5 Å². The van der Waals surface area contributed by atoms with E-state index < -0.39 is 5.60 Å². The molecule has 2 aliphatic heterocycles. The van der Waals surface area contributed by atoms with Crippen LogP contribution < -0.4 is 4.90 Å². The number of ether oxygens (including phenoxy) is 2. The summed E-state index contributed by atoms with van der Waals surface area (Å²) >= 11 is 0. The third-order valence-electron chi connectivity index (χ3n) is 5.88. The summed E-state index contributed by atoms with van der Waals surface area (Å²) in [5.74, 6) is 0.878.